The molecule has 0 saturated carbocycles. The van der Waals surface area contributed by atoms with Gasteiger partial charge in [0.15, 0.2) is 6.29 Å². The zero-order valence-corrected chi connectivity index (χ0v) is 7.11. The van der Waals surface area contributed by atoms with Crippen molar-refractivity contribution in [2.75, 3.05) is 7.11 Å². The lowest BCUT2D eigenvalue weighted by molar-refractivity contribution is -0.104. The fourth-order valence-electron chi connectivity index (χ4n) is 0.823. The first kappa shape index (κ1) is 11.3. The van der Waals surface area contributed by atoms with Crippen molar-refractivity contribution in [1.82, 2.24) is 0 Å². The number of rotatable bonds is 3. The molecule has 0 heterocycles. The number of carbonyl (C=O) groups excluding carboxylic acids is 2. The molecule has 0 amide bonds. The van der Waals surface area contributed by atoms with Crippen LogP contribution in [0, 0.1) is 0 Å². The Bertz CT molecular complexity index is 289. The second kappa shape index (κ2) is 5.05. The number of aldehydes is 1. The van der Waals surface area contributed by atoms with Crippen LogP contribution in [0.4, 0.5) is 0 Å². The van der Waals surface area contributed by atoms with Crippen LogP contribution in [0.2, 0.25) is 0 Å². The highest BCUT2D eigenvalue weighted by Crippen LogP contribution is 2.10. The van der Waals surface area contributed by atoms with Crippen LogP contribution < -0.4 is 4.74 Å². The first-order valence-electron chi connectivity index (χ1n) is 3.41. The summed E-state index contributed by atoms with van der Waals surface area (Å²) in [5, 5.41) is 0. The largest absolute Gasteiger partial charge is 0.497 e. The summed E-state index contributed by atoms with van der Waals surface area (Å²) >= 11 is 0. The van der Waals surface area contributed by atoms with E-state index < -0.39 is 5.78 Å². The van der Waals surface area contributed by atoms with Crippen LogP contribution in [-0.2, 0) is 4.79 Å². The number of ether oxygens (including phenoxy) is 1. The molecule has 0 fully saturated rings. The first-order chi connectivity index (χ1) is 5.77. The molecule has 0 aliphatic heterocycles. The van der Waals surface area contributed by atoms with E-state index in [-0.39, 0.29) is 5.48 Å². The highest BCUT2D eigenvalue weighted by Gasteiger charge is 2.02. The van der Waals surface area contributed by atoms with Crippen LogP contribution >= 0.6 is 0 Å². The average Bonchev–Trinajstić information content (AvgIpc) is 2.17. The minimum absolute atomic E-state index is 0. The number of benzene rings is 1. The molecule has 1 aromatic rings. The SMILES string of the molecule is COc1ccc(C(=O)C=O)cc1.O. The molecule has 0 unspecified atom stereocenters. The molecule has 0 atom stereocenters. The molecule has 0 bridgehead atoms. The number of hydrogen-bond acceptors (Lipinski definition) is 3. The Morgan fingerprint density at radius 3 is 2.23 bits per heavy atom. The molecule has 0 aliphatic carbocycles. The van der Waals surface area contributed by atoms with E-state index in [2.05, 4.69) is 0 Å². The van der Waals surface area contributed by atoms with Crippen molar-refractivity contribution >= 4 is 12.1 Å². The number of hydrogen-bond donors (Lipinski definition) is 0. The van der Waals surface area contributed by atoms with Crippen molar-refractivity contribution in [1.29, 1.82) is 0 Å². The smallest absolute Gasteiger partial charge is 0.225 e. The van der Waals surface area contributed by atoms with Gasteiger partial charge in [0, 0.05) is 5.56 Å². The standard InChI is InChI=1S/C9H8O3.H2O/c1-12-8-4-2-7(3-5-8)9(11)6-10;/h2-6H,1H3;1H2. The summed E-state index contributed by atoms with van der Waals surface area (Å²) < 4.78 is 4.88. The van der Waals surface area contributed by atoms with Crippen molar-refractivity contribution in [3.8, 4) is 5.75 Å². The number of methoxy groups -OCH3 is 1. The molecule has 0 radical (unpaired) electrons. The van der Waals surface area contributed by atoms with Crippen LogP contribution in [0.1, 0.15) is 10.4 Å². The Labute approximate surface area is 75.4 Å². The maximum Gasteiger partial charge on any atom is 0.225 e. The van der Waals surface area contributed by atoms with Gasteiger partial charge in [-0.05, 0) is 24.3 Å². The monoisotopic (exact) mass is 182 g/mol. The molecular formula is C9H10O4. The van der Waals surface area contributed by atoms with Gasteiger partial charge in [0.05, 0.1) is 7.11 Å². The van der Waals surface area contributed by atoms with Gasteiger partial charge >= 0.3 is 0 Å². The molecule has 2 N–H and O–H groups in total. The zero-order chi connectivity index (χ0) is 8.97. The van der Waals surface area contributed by atoms with Crippen molar-refractivity contribution in [2.45, 2.75) is 0 Å². The van der Waals surface area contributed by atoms with E-state index in [1.807, 2.05) is 0 Å². The van der Waals surface area contributed by atoms with Crippen LogP contribution in [-0.4, -0.2) is 24.7 Å². The summed E-state index contributed by atoms with van der Waals surface area (Å²) in [7, 11) is 1.54. The Morgan fingerprint density at radius 2 is 1.85 bits per heavy atom. The Morgan fingerprint density at radius 1 is 1.31 bits per heavy atom. The summed E-state index contributed by atoms with van der Waals surface area (Å²) in [5.74, 6) is 0.148. The van der Waals surface area contributed by atoms with E-state index in [1.165, 1.54) is 7.11 Å². The minimum Gasteiger partial charge on any atom is -0.497 e. The molecule has 0 aromatic heterocycles. The topological polar surface area (TPSA) is 74.9 Å². The van der Waals surface area contributed by atoms with Crippen molar-refractivity contribution in [2.24, 2.45) is 0 Å². The predicted molar refractivity (Wildman–Crippen MR) is 47.0 cm³/mol. The van der Waals surface area contributed by atoms with Crippen LogP contribution in [0.15, 0.2) is 24.3 Å². The van der Waals surface area contributed by atoms with Crippen LogP contribution in [0.5, 0.6) is 5.75 Å². The fraction of sp³-hybridized carbons (Fsp3) is 0.111. The van der Waals surface area contributed by atoms with Gasteiger partial charge in [-0.1, -0.05) is 0 Å². The first-order valence-corrected chi connectivity index (χ1v) is 3.41. The Kier molecular flexibility index (Phi) is 4.40. The predicted octanol–water partition coefficient (Wildman–Crippen LogP) is 0.252. The normalized spacial score (nSPS) is 8.38. The van der Waals surface area contributed by atoms with E-state index >= 15 is 0 Å². The third-order valence-corrected chi connectivity index (χ3v) is 1.48. The average molecular weight is 182 g/mol. The van der Waals surface area contributed by atoms with Crippen molar-refractivity contribution in [3.63, 3.8) is 0 Å². The lowest BCUT2D eigenvalue weighted by Crippen LogP contribution is -1.98. The number of Topliss-reactive ketones (excluding diaryl/α,β-unsaturated/α-hetero) is 1. The van der Waals surface area contributed by atoms with Gasteiger partial charge in [-0.15, -0.1) is 0 Å². The summed E-state index contributed by atoms with van der Waals surface area (Å²) in [6, 6.07) is 6.37. The van der Waals surface area contributed by atoms with Gasteiger partial charge in [0.25, 0.3) is 0 Å². The summed E-state index contributed by atoms with van der Waals surface area (Å²) in [6.45, 7) is 0. The lowest BCUT2D eigenvalue weighted by Gasteiger charge is -1.98. The van der Waals surface area contributed by atoms with Gasteiger partial charge in [0.1, 0.15) is 5.75 Å². The Hall–Kier alpha value is -1.68. The van der Waals surface area contributed by atoms with Crippen molar-refractivity contribution in [3.05, 3.63) is 29.8 Å². The van der Waals surface area contributed by atoms with Gasteiger partial charge in [-0.25, -0.2) is 0 Å². The third-order valence-electron chi connectivity index (χ3n) is 1.48. The quantitative estimate of drug-likeness (QED) is 0.382. The molecule has 1 aromatic carbocycles. The molecule has 0 saturated heterocycles. The van der Waals surface area contributed by atoms with Gasteiger partial charge < -0.3 is 10.2 Å². The highest BCUT2D eigenvalue weighted by atomic mass is 16.5. The third kappa shape index (κ3) is 2.68. The van der Waals surface area contributed by atoms with E-state index in [4.69, 9.17) is 4.74 Å². The van der Waals surface area contributed by atoms with E-state index in [0.29, 0.717) is 17.6 Å². The summed E-state index contributed by atoms with van der Waals surface area (Å²) in [6.07, 6.45) is 0.293. The van der Waals surface area contributed by atoms with Gasteiger partial charge in [-0.3, -0.25) is 9.59 Å². The maximum atomic E-state index is 10.8. The van der Waals surface area contributed by atoms with E-state index in [0.717, 1.165) is 0 Å². The second-order valence-corrected chi connectivity index (χ2v) is 2.21. The summed E-state index contributed by atoms with van der Waals surface area (Å²) in [5.41, 5.74) is 0.380. The number of ketones is 1. The zero-order valence-electron chi connectivity index (χ0n) is 7.11. The molecular weight excluding hydrogens is 172 g/mol. The highest BCUT2D eigenvalue weighted by molar-refractivity contribution is 6.33. The molecule has 1 rings (SSSR count). The van der Waals surface area contributed by atoms with Crippen molar-refractivity contribution < 1.29 is 19.8 Å². The minimum atomic E-state index is -0.516. The lowest BCUT2D eigenvalue weighted by atomic mass is 10.1. The molecule has 4 nitrogen and oxygen atoms in total. The molecule has 70 valence electrons. The molecule has 0 spiro atoms. The van der Waals surface area contributed by atoms with Crippen LogP contribution in [0.25, 0.3) is 0 Å². The molecule has 0 aliphatic rings. The fourth-order valence-corrected chi connectivity index (χ4v) is 0.823. The Balaban J connectivity index is 0.00000144. The van der Waals surface area contributed by atoms with E-state index in [1.54, 1.807) is 24.3 Å². The summed E-state index contributed by atoms with van der Waals surface area (Å²) in [4.78, 5) is 20.9. The molecule has 13 heavy (non-hydrogen) atoms. The van der Waals surface area contributed by atoms with Crippen LogP contribution in [0.3, 0.4) is 0 Å². The van der Waals surface area contributed by atoms with Gasteiger partial charge in [-0.2, -0.15) is 0 Å². The second-order valence-electron chi connectivity index (χ2n) is 2.21. The van der Waals surface area contributed by atoms with E-state index in [9.17, 15) is 9.59 Å². The number of carbonyl (C=O) groups is 2. The van der Waals surface area contributed by atoms with Gasteiger partial charge in [0.2, 0.25) is 5.78 Å². The maximum absolute atomic E-state index is 10.8. The molecule has 4 heteroatoms.